The van der Waals surface area contributed by atoms with Gasteiger partial charge in [0.25, 0.3) is 0 Å². The Morgan fingerprint density at radius 2 is 1.38 bits per heavy atom. The molecule has 8 aliphatic rings. The van der Waals surface area contributed by atoms with Crippen LogP contribution >= 0.6 is 0 Å². The average Bonchev–Trinajstić information content (AvgIpc) is 3.26. The standard InChI is InChI=1S/C47H76O20S/c1-42(2)14-16-47(17-15-45(6)22(23(47)18-42)8-9-28-44(5)12-11-29(67-68(58,59)60)43(3,4)27(44)10-13-46(28,45)7)41(57)66-40-35(55)32(52)31(51)26(64-40)21-62-38-36(56)33(53)37(25(19-48)63-38)65-39-34(54)30(50)24(49)20-61-39/h8,23-40,48-56H,9-21H2,1-7H3,(H,58,59,60)/t23-,24-,25+,26+,27-,28+,29-,30-,31+,32-,33+,34+,35+,36+,37+,38+,39-,40-,44-,45+,46+,47-/m0/s1. The third-order valence-corrected chi connectivity index (χ3v) is 19.6. The van der Waals surface area contributed by atoms with Crippen LogP contribution in [-0.4, -0.2) is 177 Å². The third-order valence-electron chi connectivity index (χ3n) is 19.1. The summed E-state index contributed by atoms with van der Waals surface area (Å²) in [5, 5.41) is 95.7. The molecule has 0 aromatic rings. The van der Waals surface area contributed by atoms with Gasteiger partial charge >= 0.3 is 16.4 Å². The first-order valence-electron chi connectivity index (χ1n) is 24.4. The Labute approximate surface area is 398 Å². The first-order chi connectivity index (χ1) is 31.5. The van der Waals surface area contributed by atoms with Crippen LogP contribution in [0, 0.1) is 50.2 Å². The van der Waals surface area contributed by atoms with E-state index in [9.17, 15) is 63.7 Å². The van der Waals surface area contributed by atoms with Gasteiger partial charge in [0, 0.05) is 0 Å². The van der Waals surface area contributed by atoms with Gasteiger partial charge in [0.1, 0.15) is 67.1 Å². The van der Waals surface area contributed by atoms with E-state index < -0.39 is 139 Å². The summed E-state index contributed by atoms with van der Waals surface area (Å²) >= 11 is 0. The molecule has 20 nitrogen and oxygen atoms in total. The molecule has 0 spiro atoms. The van der Waals surface area contributed by atoms with Crippen molar-refractivity contribution < 1.29 is 96.3 Å². The van der Waals surface area contributed by atoms with E-state index in [1.165, 1.54) is 5.57 Å². The molecule has 3 saturated heterocycles. The predicted octanol–water partition coefficient (Wildman–Crippen LogP) is 0.607. The van der Waals surface area contributed by atoms with E-state index in [4.69, 9.17) is 32.6 Å². The van der Waals surface area contributed by atoms with Crippen LogP contribution in [0.2, 0.25) is 0 Å². The summed E-state index contributed by atoms with van der Waals surface area (Å²) in [5.41, 5.74) is -1.07. The fourth-order valence-corrected chi connectivity index (χ4v) is 15.5. The molecule has 0 radical (unpaired) electrons. The smallest absolute Gasteiger partial charge is 0.397 e. The number of carbonyl (C=O) groups excluding carboxylic acids is 1. The van der Waals surface area contributed by atoms with Gasteiger partial charge in [0.15, 0.2) is 12.6 Å². The number of rotatable bonds is 10. The van der Waals surface area contributed by atoms with Gasteiger partial charge in [-0.2, -0.15) is 8.42 Å². The Kier molecular flexibility index (Phi) is 14.3. The van der Waals surface area contributed by atoms with Crippen LogP contribution in [0.25, 0.3) is 0 Å². The zero-order chi connectivity index (χ0) is 49.9. The Hall–Kier alpha value is -1.48. The van der Waals surface area contributed by atoms with Crippen molar-refractivity contribution in [3.8, 4) is 0 Å². The maximum absolute atomic E-state index is 15.0. The minimum Gasteiger partial charge on any atom is -0.432 e. The minimum absolute atomic E-state index is 0.120. The lowest BCUT2D eigenvalue weighted by Gasteiger charge is -2.71. The zero-order valence-corrected chi connectivity index (χ0v) is 40.9. The van der Waals surface area contributed by atoms with E-state index in [1.807, 2.05) is 0 Å². The number of aliphatic hydroxyl groups excluding tert-OH is 9. The molecule has 0 unspecified atom stereocenters. The van der Waals surface area contributed by atoms with Gasteiger partial charge in [0.2, 0.25) is 6.29 Å². The van der Waals surface area contributed by atoms with E-state index in [2.05, 4.69) is 54.5 Å². The fraction of sp³-hybridized carbons (Fsp3) is 0.936. The van der Waals surface area contributed by atoms with E-state index in [-0.39, 0.29) is 39.4 Å². The first kappa shape index (κ1) is 52.8. The molecule has 0 amide bonds. The largest absolute Gasteiger partial charge is 0.432 e. The summed E-state index contributed by atoms with van der Waals surface area (Å²) in [7, 11) is -4.64. The van der Waals surface area contributed by atoms with Gasteiger partial charge in [-0.15, -0.1) is 0 Å². The molecular weight excluding hydrogens is 917 g/mol. The normalized spacial score (nSPS) is 51.2. The lowest BCUT2D eigenvalue weighted by molar-refractivity contribution is -0.355. The van der Waals surface area contributed by atoms with Crippen LogP contribution in [0.5, 0.6) is 0 Å². The molecule has 3 heterocycles. The topological polar surface area (TPSA) is 318 Å². The maximum Gasteiger partial charge on any atom is 0.397 e. The number of fused-ring (bicyclic) bond motifs is 7. The molecule has 68 heavy (non-hydrogen) atoms. The summed E-state index contributed by atoms with van der Waals surface area (Å²) in [4.78, 5) is 15.0. The highest BCUT2D eigenvalue weighted by atomic mass is 32.3. The molecule has 4 saturated carbocycles. The van der Waals surface area contributed by atoms with E-state index in [0.29, 0.717) is 32.1 Å². The molecule has 0 aromatic carbocycles. The van der Waals surface area contributed by atoms with Crippen LogP contribution in [0.1, 0.15) is 113 Å². The number of carbonyl (C=O) groups is 1. The number of hydrogen-bond donors (Lipinski definition) is 10. The Balaban J connectivity index is 0.978. The summed E-state index contributed by atoms with van der Waals surface area (Å²) in [5.74, 6) is -0.438. The molecule has 3 aliphatic heterocycles. The summed E-state index contributed by atoms with van der Waals surface area (Å²) in [6.45, 7) is 13.8. The summed E-state index contributed by atoms with van der Waals surface area (Å²) in [6, 6.07) is 0. The maximum atomic E-state index is 15.0. The van der Waals surface area contributed by atoms with Crippen molar-refractivity contribution in [2.45, 2.75) is 205 Å². The lowest BCUT2D eigenvalue weighted by Crippen LogP contribution is -2.65. The second kappa shape index (κ2) is 18.5. The Morgan fingerprint density at radius 1 is 0.735 bits per heavy atom. The van der Waals surface area contributed by atoms with Gasteiger partial charge in [-0.3, -0.25) is 9.35 Å². The summed E-state index contributed by atoms with van der Waals surface area (Å²) < 4.78 is 73.1. The average molecular weight is 993 g/mol. The molecule has 7 fully saturated rings. The van der Waals surface area contributed by atoms with E-state index in [0.717, 1.165) is 32.1 Å². The van der Waals surface area contributed by atoms with Crippen molar-refractivity contribution in [2.75, 3.05) is 19.8 Å². The highest BCUT2D eigenvalue weighted by molar-refractivity contribution is 7.80. The molecule has 0 bridgehead atoms. The highest BCUT2D eigenvalue weighted by Gasteiger charge is 2.70. The molecule has 390 valence electrons. The quantitative estimate of drug-likeness (QED) is 0.0814. The monoisotopic (exact) mass is 992 g/mol. The molecule has 0 aromatic heterocycles. The van der Waals surface area contributed by atoms with Crippen LogP contribution in [-0.2, 0) is 47.8 Å². The predicted molar refractivity (Wildman–Crippen MR) is 235 cm³/mol. The molecule has 21 heteroatoms. The second-order valence-electron chi connectivity index (χ2n) is 23.6. The van der Waals surface area contributed by atoms with Gasteiger partial charge in [-0.05, 0) is 109 Å². The van der Waals surface area contributed by atoms with Crippen molar-refractivity contribution in [1.82, 2.24) is 0 Å². The molecular formula is C47H76O20S. The van der Waals surface area contributed by atoms with Crippen molar-refractivity contribution in [2.24, 2.45) is 50.2 Å². The van der Waals surface area contributed by atoms with E-state index >= 15 is 0 Å². The van der Waals surface area contributed by atoms with Crippen LogP contribution in [0.4, 0.5) is 0 Å². The van der Waals surface area contributed by atoms with Crippen molar-refractivity contribution >= 4 is 16.4 Å². The third kappa shape index (κ3) is 8.75. The van der Waals surface area contributed by atoms with Crippen LogP contribution in [0.15, 0.2) is 11.6 Å². The SMILES string of the molecule is CC1(C)CC[C@]2(C(=O)O[C@@H]3O[C@H](CO[C@@H]4O[C@H](CO)[C@@H](O[C@@H]5OC[C@H](O)[C@H](O)[C@H]5O)[C@H](O)[C@H]4O)[C@@H](O)[C@H](O)[C@H]3O)CC[C@]3(C)C(=CC[C@@H]4[C@@]5(C)CC[C@H](OS(=O)(=O)O)C(C)(C)[C@@H]5CC[C@]43C)[C@@H]2C1. The molecule has 22 atom stereocenters. The highest BCUT2D eigenvalue weighted by Crippen LogP contribution is 2.76. The molecule has 8 rings (SSSR count). The zero-order valence-electron chi connectivity index (χ0n) is 40.1. The van der Waals surface area contributed by atoms with Crippen LogP contribution in [0.3, 0.4) is 0 Å². The number of esters is 1. The minimum atomic E-state index is -4.64. The van der Waals surface area contributed by atoms with Gasteiger partial charge in [0.05, 0.1) is 31.3 Å². The van der Waals surface area contributed by atoms with Crippen LogP contribution < -0.4 is 0 Å². The number of hydrogen-bond acceptors (Lipinski definition) is 19. The van der Waals surface area contributed by atoms with Gasteiger partial charge < -0.3 is 74.4 Å². The molecule has 10 N–H and O–H groups in total. The van der Waals surface area contributed by atoms with Crippen molar-refractivity contribution in [1.29, 1.82) is 0 Å². The second-order valence-corrected chi connectivity index (χ2v) is 24.6. The summed E-state index contributed by atoms with van der Waals surface area (Å²) in [6.07, 6.45) is -14.7. The van der Waals surface area contributed by atoms with Crippen molar-refractivity contribution in [3.05, 3.63) is 11.6 Å². The lowest BCUT2D eigenvalue weighted by atomic mass is 9.33. The Bertz CT molecular complexity index is 2000. The fourth-order valence-electron chi connectivity index (χ4n) is 14.9. The molecule has 5 aliphatic carbocycles. The van der Waals surface area contributed by atoms with E-state index in [1.54, 1.807) is 0 Å². The van der Waals surface area contributed by atoms with Gasteiger partial charge in [-0.1, -0.05) is 60.1 Å². The van der Waals surface area contributed by atoms with Gasteiger partial charge in [-0.25, -0.2) is 4.18 Å². The Morgan fingerprint density at radius 3 is 2.06 bits per heavy atom. The number of aliphatic hydroxyl groups is 9. The first-order valence-corrected chi connectivity index (χ1v) is 25.7. The van der Waals surface area contributed by atoms with Crippen molar-refractivity contribution in [3.63, 3.8) is 0 Å². The number of ether oxygens (including phenoxy) is 6. The number of allylic oxidation sites excluding steroid dienone is 2.